The Hall–Kier alpha value is -1.93. The van der Waals surface area contributed by atoms with Gasteiger partial charge >= 0.3 is 0 Å². The summed E-state index contributed by atoms with van der Waals surface area (Å²) in [5.41, 5.74) is 0.979. The van der Waals surface area contributed by atoms with Crippen molar-refractivity contribution in [2.45, 2.75) is 6.42 Å². The third-order valence-corrected chi connectivity index (χ3v) is 2.63. The van der Waals surface area contributed by atoms with Gasteiger partial charge in [-0.25, -0.2) is 4.99 Å². The van der Waals surface area contributed by atoms with Crippen molar-refractivity contribution >= 4 is 23.6 Å². The molecule has 0 aromatic heterocycles. The van der Waals surface area contributed by atoms with E-state index in [1.165, 1.54) is 7.11 Å². The molecule has 108 valence electrons. The number of nitrogens with zero attached hydrogens (tertiary/aromatic N) is 3. The number of nitriles is 1. The minimum absolute atomic E-state index is 0.435. The Balaban J connectivity index is 3.09. The van der Waals surface area contributed by atoms with Crippen LogP contribution in [0.25, 0.3) is 0 Å². The predicted molar refractivity (Wildman–Crippen MR) is 80.4 cm³/mol. The highest BCUT2D eigenvalue weighted by atomic mass is 35.5. The molecule has 0 heterocycles. The van der Waals surface area contributed by atoms with E-state index in [2.05, 4.69) is 11.1 Å². The monoisotopic (exact) mass is 295 g/mol. The van der Waals surface area contributed by atoms with Crippen LogP contribution in [-0.2, 0) is 0 Å². The Morgan fingerprint density at radius 1 is 1.40 bits per heavy atom. The van der Waals surface area contributed by atoms with Crippen LogP contribution in [0.15, 0.2) is 17.1 Å². The molecular formula is C14H18ClN3O2. The van der Waals surface area contributed by atoms with Crippen molar-refractivity contribution < 1.29 is 9.47 Å². The first-order valence-corrected chi connectivity index (χ1v) is 6.67. The lowest BCUT2D eigenvalue weighted by molar-refractivity contribution is 0.295. The Morgan fingerprint density at radius 3 is 2.70 bits per heavy atom. The zero-order valence-electron chi connectivity index (χ0n) is 11.9. The van der Waals surface area contributed by atoms with Gasteiger partial charge in [0.2, 0.25) is 0 Å². The Morgan fingerprint density at radius 2 is 2.15 bits per heavy atom. The summed E-state index contributed by atoms with van der Waals surface area (Å²) in [5.74, 6) is 1.60. The van der Waals surface area contributed by atoms with Crippen molar-refractivity contribution in [3.63, 3.8) is 0 Å². The van der Waals surface area contributed by atoms with Crippen LogP contribution in [-0.4, -0.2) is 44.9 Å². The second-order valence-electron chi connectivity index (χ2n) is 4.23. The number of rotatable bonds is 7. The molecule has 0 unspecified atom stereocenters. The number of hydrogen-bond donors (Lipinski definition) is 0. The summed E-state index contributed by atoms with van der Waals surface area (Å²) in [5, 5.41) is 9.16. The zero-order chi connectivity index (χ0) is 15.0. The van der Waals surface area contributed by atoms with E-state index in [9.17, 15) is 0 Å². The Kier molecular flexibility index (Phi) is 6.68. The molecule has 6 heteroatoms. The van der Waals surface area contributed by atoms with Gasteiger partial charge in [0, 0.05) is 32.1 Å². The quantitative estimate of drug-likeness (QED) is 0.336. The highest BCUT2D eigenvalue weighted by Crippen LogP contribution is 2.34. The third kappa shape index (κ3) is 4.63. The van der Waals surface area contributed by atoms with Crippen molar-refractivity contribution in [1.82, 2.24) is 4.90 Å². The zero-order valence-corrected chi connectivity index (χ0v) is 12.6. The van der Waals surface area contributed by atoms with Crippen LogP contribution in [0, 0.1) is 11.3 Å². The van der Waals surface area contributed by atoms with Gasteiger partial charge in [0.25, 0.3) is 0 Å². The summed E-state index contributed by atoms with van der Waals surface area (Å²) >= 11 is 5.62. The highest BCUT2D eigenvalue weighted by Gasteiger charge is 2.11. The van der Waals surface area contributed by atoms with Crippen LogP contribution in [0.2, 0.25) is 0 Å². The molecule has 0 spiro atoms. The number of benzene rings is 1. The first kappa shape index (κ1) is 16.1. The molecule has 0 amide bonds. The molecule has 0 fully saturated rings. The molecule has 0 aliphatic carbocycles. The van der Waals surface area contributed by atoms with Gasteiger partial charge < -0.3 is 14.4 Å². The van der Waals surface area contributed by atoms with Crippen LogP contribution in [0.1, 0.15) is 12.0 Å². The summed E-state index contributed by atoms with van der Waals surface area (Å²) in [4.78, 5) is 6.05. The fourth-order valence-corrected chi connectivity index (χ4v) is 1.54. The van der Waals surface area contributed by atoms with E-state index in [1.807, 2.05) is 14.1 Å². The number of methoxy groups -OCH3 is 1. The fraction of sp³-hybridized carbons (Fsp3) is 0.429. The van der Waals surface area contributed by atoms with E-state index in [4.69, 9.17) is 26.3 Å². The number of ether oxygens (including phenoxy) is 2. The van der Waals surface area contributed by atoms with Gasteiger partial charge in [-0.3, -0.25) is 0 Å². The van der Waals surface area contributed by atoms with Crippen LogP contribution < -0.4 is 9.47 Å². The number of alkyl halides is 1. The SMILES string of the molecule is COc1cc(C#N)c(N=CN(C)C)cc1OCCCCl. The molecule has 1 rings (SSSR count). The largest absolute Gasteiger partial charge is 0.493 e. The van der Waals surface area contributed by atoms with Gasteiger partial charge in [-0.15, -0.1) is 11.6 Å². The van der Waals surface area contributed by atoms with Crippen LogP contribution >= 0.6 is 11.6 Å². The molecule has 1 aromatic rings. The van der Waals surface area contributed by atoms with E-state index >= 15 is 0 Å². The maximum atomic E-state index is 9.16. The van der Waals surface area contributed by atoms with E-state index in [0.29, 0.717) is 35.2 Å². The number of halogens is 1. The van der Waals surface area contributed by atoms with Crippen LogP contribution in [0.4, 0.5) is 5.69 Å². The van der Waals surface area contributed by atoms with Gasteiger partial charge in [0.1, 0.15) is 6.07 Å². The van der Waals surface area contributed by atoms with Crippen molar-refractivity contribution in [2.75, 3.05) is 33.7 Å². The Labute approximate surface area is 124 Å². The first-order chi connectivity index (χ1) is 9.62. The lowest BCUT2D eigenvalue weighted by Gasteiger charge is -2.12. The molecule has 20 heavy (non-hydrogen) atoms. The van der Waals surface area contributed by atoms with Gasteiger partial charge in [-0.05, 0) is 6.42 Å². The normalized spacial score (nSPS) is 10.3. The Bertz CT molecular complexity index is 510. The number of hydrogen-bond acceptors (Lipinski definition) is 4. The van der Waals surface area contributed by atoms with Crippen LogP contribution in [0.5, 0.6) is 11.5 Å². The van der Waals surface area contributed by atoms with Crippen molar-refractivity contribution in [1.29, 1.82) is 5.26 Å². The van der Waals surface area contributed by atoms with E-state index in [1.54, 1.807) is 23.4 Å². The summed E-state index contributed by atoms with van der Waals surface area (Å²) < 4.78 is 10.8. The molecule has 0 N–H and O–H groups in total. The molecular weight excluding hydrogens is 278 g/mol. The molecule has 0 atom stereocenters. The molecule has 0 saturated heterocycles. The smallest absolute Gasteiger partial charge is 0.163 e. The standard InChI is InChI=1S/C14H18ClN3O2/c1-18(2)10-17-12-8-14(20-6-4-5-15)13(19-3)7-11(12)9-16/h7-8,10H,4-6H2,1-3H3. The maximum Gasteiger partial charge on any atom is 0.163 e. The summed E-state index contributed by atoms with van der Waals surface area (Å²) in [6, 6.07) is 5.42. The molecule has 0 saturated carbocycles. The molecule has 0 aliphatic heterocycles. The average Bonchev–Trinajstić information content (AvgIpc) is 2.45. The fourth-order valence-electron chi connectivity index (χ4n) is 1.43. The summed E-state index contributed by atoms with van der Waals surface area (Å²) in [7, 11) is 5.25. The number of aliphatic imine (C=N–C) groups is 1. The van der Waals surface area contributed by atoms with Crippen LogP contribution in [0.3, 0.4) is 0 Å². The predicted octanol–water partition coefficient (Wildman–Crippen LogP) is 2.80. The topological polar surface area (TPSA) is 57.8 Å². The molecule has 0 aliphatic rings. The minimum Gasteiger partial charge on any atom is -0.493 e. The van der Waals surface area contributed by atoms with Crippen molar-refractivity contribution in [3.8, 4) is 17.6 Å². The lowest BCUT2D eigenvalue weighted by Crippen LogP contribution is -2.07. The maximum absolute atomic E-state index is 9.16. The van der Waals surface area contributed by atoms with E-state index in [-0.39, 0.29) is 0 Å². The minimum atomic E-state index is 0.435. The highest BCUT2D eigenvalue weighted by molar-refractivity contribution is 6.17. The van der Waals surface area contributed by atoms with Crippen molar-refractivity contribution in [3.05, 3.63) is 17.7 Å². The van der Waals surface area contributed by atoms with E-state index in [0.717, 1.165) is 6.42 Å². The average molecular weight is 296 g/mol. The molecule has 5 nitrogen and oxygen atoms in total. The van der Waals surface area contributed by atoms with Gasteiger partial charge in [0.15, 0.2) is 11.5 Å². The summed E-state index contributed by atoms with van der Waals surface area (Å²) in [6.07, 6.45) is 2.37. The molecule has 0 bridgehead atoms. The van der Waals surface area contributed by atoms with Gasteiger partial charge in [-0.1, -0.05) is 0 Å². The molecule has 1 aromatic carbocycles. The second-order valence-corrected chi connectivity index (χ2v) is 4.61. The van der Waals surface area contributed by atoms with E-state index < -0.39 is 0 Å². The van der Waals surface area contributed by atoms with Crippen molar-refractivity contribution in [2.24, 2.45) is 4.99 Å². The summed E-state index contributed by atoms with van der Waals surface area (Å²) in [6.45, 7) is 0.489. The van der Waals surface area contributed by atoms with Gasteiger partial charge in [-0.2, -0.15) is 5.26 Å². The lowest BCUT2D eigenvalue weighted by atomic mass is 10.1. The first-order valence-electron chi connectivity index (χ1n) is 6.14. The second kappa shape index (κ2) is 8.28. The van der Waals surface area contributed by atoms with Gasteiger partial charge in [0.05, 0.1) is 31.3 Å². The third-order valence-electron chi connectivity index (χ3n) is 2.37. The molecule has 0 radical (unpaired) electrons.